The molecule has 0 aliphatic rings. The molecule has 1 rings (SSSR count). The molecule has 1 aromatic rings. The number of carbonyl (C=O) groups is 1. The van der Waals surface area contributed by atoms with Crippen molar-refractivity contribution < 1.29 is 22.1 Å². The molecule has 6 nitrogen and oxygen atoms in total. The molecule has 0 aliphatic heterocycles. The van der Waals surface area contributed by atoms with Crippen molar-refractivity contribution in [3.63, 3.8) is 0 Å². The van der Waals surface area contributed by atoms with Crippen LogP contribution in [0, 0.1) is 5.92 Å². The van der Waals surface area contributed by atoms with Crippen molar-refractivity contribution in [1.29, 1.82) is 0 Å². The third kappa shape index (κ3) is 8.30. The van der Waals surface area contributed by atoms with Crippen LogP contribution in [0.25, 0.3) is 0 Å². The summed E-state index contributed by atoms with van der Waals surface area (Å²) in [5.41, 5.74) is 0.827. The lowest BCUT2D eigenvalue weighted by Crippen LogP contribution is -2.37. The maximum absolute atomic E-state index is 13.0. The Morgan fingerprint density at radius 2 is 1.96 bits per heavy atom. The van der Waals surface area contributed by atoms with Crippen LogP contribution in [0.3, 0.4) is 0 Å². The third-order valence-corrected chi connectivity index (χ3v) is 5.63. The molecule has 0 saturated carbocycles. The summed E-state index contributed by atoms with van der Waals surface area (Å²) in [5.74, 6) is 0.300. The van der Waals surface area contributed by atoms with Crippen molar-refractivity contribution in [3.05, 3.63) is 29.8 Å². The Labute approximate surface area is 164 Å². The van der Waals surface area contributed by atoms with Gasteiger partial charge >= 0.3 is 10.1 Å². The zero-order valence-corrected chi connectivity index (χ0v) is 17.8. The van der Waals surface area contributed by atoms with Gasteiger partial charge in [0.15, 0.2) is 0 Å². The predicted molar refractivity (Wildman–Crippen MR) is 107 cm³/mol. The quantitative estimate of drug-likeness (QED) is 0.474. The molecule has 0 spiro atoms. The van der Waals surface area contributed by atoms with Crippen LogP contribution < -0.4 is 4.18 Å². The van der Waals surface area contributed by atoms with Crippen LogP contribution in [-0.2, 0) is 26.2 Å². The first-order valence-electron chi connectivity index (χ1n) is 9.65. The zero-order chi connectivity index (χ0) is 20.3. The number of hydrogen-bond acceptors (Lipinski definition) is 5. The van der Waals surface area contributed by atoms with Crippen molar-refractivity contribution in [2.24, 2.45) is 5.92 Å². The summed E-state index contributed by atoms with van der Waals surface area (Å²) in [6.45, 7) is 7.04. The van der Waals surface area contributed by atoms with Crippen LogP contribution in [0.5, 0.6) is 5.75 Å². The highest BCUT2D eigenvalue weighted by Gasteiger charge is 2.23. The molecule has 1 aromatic carbocycles. The van der Waals surface area contributed by atoms with Crippen molar-refractivity contribution in [2.45, 2.75) is 53.0 Å². The van der Waals surface area contributed by atoms with Crippen LogP contribution >= 0.6 is 0 Å². The van der Waals surface area contributed by atoms with E-state index in [1.165, 1.54) is 6.92 Å². The summed E-state index contributed by atoms with van der Waals surface area (Å²) < 4.78 is 33.6. The normalized spacial score (nSPS) is 12.6. The predicted octanol–water partition coefficient (Wildman–Crippen LogP) is 3.61. The number of rotatable bonds is 13. The van der Waals surface area contributed by atoms with E-state index in [4.69, 9.17) is 8.92 Å². The average Bonchev–Trinajstić information content (AvgIpc) is 2.65. The first kappa shape index (κ1) is 23.4. The Morgan fingerprint density at radius 3 is 2.56 bits per heavy atom. The zero-order valence-electron chi connectivity index (χ0n) is 16.9. The number of nitrogens with zero attached hydrogens (tertiary/aromatic N) is 1. The fourth-order valence-corrected chi connectivity index (χ4v) is 3.32. The Hall–Kier alpha value is -1.60. The molecule has 154 valence electrons. The lowest BCUT2D eigenvalue weighted by molar-refractivity contribution is -0.137. The van der Waals surface area contributed by atoms with Gasteiger partial charge in [0, 0.05) is 26.1 Å². The molecule has 1 unspecified atom stereocenters. The SMILES string of the molecule is CCCCC(CC)C(=O)N(CCOC)Cc1cccc(OS(=O)(=O)CC)c1. The second kappa shape index (κ2) is 12.0. The summed E-state index contributed by atoms with van der Waals surface area (Å²) in [6.07, 6.45) is 3.78. The van der Waals surface area contributed by atoms with E-state index in [9.17, 15) is 13.2 Å². The number of benzene rings is 1. The monoisotopic (exact) mass is 399 g/mol. The van der Waals surface area contributed by atoms with E-state index in [-0.39, 0.29) is 23.3 Å². The van der Waals surface area contributed by atoms with Crippen LogP contribution in [0.1, 0.15) is 52.0 Å². The topological polar surface area (TPSA) is 72.9 Å². The maximum Gasteiger partial charge on any atom is 0.308 e. The van der Waals surface area contributed by atoms with Crippen LogP contribution in [0.2, 0.25) is 0 Å². The summed E-state index contributed by atoms with van der Waals surface area (Å²) >= 11 is 0. The Morgan fingerprint density at radius 1 is 1.22 bits per heavy atom. The minimum Gasteiger partial charge on any atom is -0.383 e. The molecular weight excluding hydrogens is 366 g/mol. The third-order valence-electron chi connectivity index (χ3n) is 4.47. The van der Waals surface area contributed by atoms with E-state index in [0.29, 0.717) is 19.7 Å². The molecular formula is C20H33NO5S. The van der Waals surface area contributed by atoms with Crippen LogP contribution in [0.4, 0.5) is 0 Å². The lowest BCUT2D eigenvalue weighted by atomic mass is 9.97. The molecule has 1 amide bonds. The average molecular weight is 400 g/mol. The van der Waals surface area contributed by atoms with E-state index in [1.54, 1.807) is 30.2 Å². The maximum atomic E-state index is 13.0. The highest BCUT2D eigenvalue weighted by atomic mass is 32.2. The molecule has 7 heteroatoms. The molecule has 27 heavy (non-hydrogen) atoms. The van der Waals surface area contributed by atoms with Crippen LogP contribution in [0.15, 0.2) is 24.3 Å². The number of unbranched alkanes of at least 4 members (excludes halogenated alkanes) is 1. The van der Waals surface area contributed by atoms with Gasteiger partial charge in [-0.2, -0.15) is 8.42 Å². The molecule has 0 saturated heterocycles. The number of methoxy groups -OCH3 is 1. The summed E-state index contributed by atoms with van der Waals surface area (Å²) in [4.78, 5) is 14.8. The molecule has 1 atom stereocenters. The molecule has 0 aliphatic carbocycles. The highest BCUT2D eigenvalue weighted by molar-refractivity contribution is 7.87. The Kier molecular flexibility index (Phi) is 10.4. The van der Waals surface area contributed by atoms with Crippen molar-refractivity contribution in [1.82, 2.24) is 4.90 Å². The second-order valence-electron chi connectivity index (χ2n) is 6.58. The first-order valence-corrected chi connectivity index (χ1v) is 11.2. The Balaban J connectivity index is 2.94. The molecule has 0 aromatic heterocycles. The van der Waals surface area contributed by atoms with Gasteiger partial charge in [0.1, 0.15) is 5.75 Å². The second-order valence-corrected chi connectivity index (χ2v) is 8.44. The van der Waals surface area contributed by atoms with Crippen molar-refractivity contribution in [3.8, 4) is 5.75 Å². The summed E-state index contributed by atoms with van der Waals surface area (Å²) in [5, 5.41) is 0. The van der Waals surface area contributed by atoms with Crippen LogP contribution in [-0.4, -0.2) is 45.2 Å². The highest BCUT2D eigenvalue weighted by Crippen LogP contribution is 2.20. The largest absolute Gasteiger partial charge is 0.383 e. The van der Waals surface area contributed by atoms with Gasteiger partial charge < -0.3 is 13.8 Å². The molecule has 0 bridgehead atoms. The van der Waals surface area contributed by atoms with Gasteiger partial charge in [-0.25, -0.2) is 0 Å². The van der Waals surface area contributed by atoms with Gasteiger partial charge in [-0.1, -0.05) is 38.8 Å². The molecule has 0 fully saturated rings. The van der Waals surface area contributed by atoms with Crippen molar-refractivity contribution >= 4 is 16.0 Å². The first-order chi connectivity index (χ1) is 12.9. The summed E-state index contributed by atoms with van der Waals surface area (Å²) in [6, 6.07) is 6.89. The molecule has 0 N–H and O–H groups in total. The van der Waals surface area contributed by atoms with E-state index in [1.807, 2.05) is 13.0 Å². The van der Waals surface area contributed by atoms with E-state index in [0.717, 1.165) is 31.2 Å². The van der Waals surface area contributed by atoms with Gasteiger partial charge in [-0.3, -0.25) is 4.79 Å². The minimum absolute atomic E-state index is 0.00158. The molecule has 0 radical (unpaired) electrons. The molecule has 0 heterocycles. The summed E-state index contributed by atoms with van der Waals surface area (Å²) in [7, 11) is -1.96. The van der Waals surface area contributed by atoms with E-state index in [2.05, 4.69) is 6.92 Å². The van der Waals surface area contributed by atoms with Gasteiger partial charge in [0.25, 0.3) is 0 Å². The standard InChI is InChI=1S/C20H33NO5S/c1-5-8-11-18(6-2)20(22)21(13-14-25-4)16-17-10-9-12-19(15-17)26-27(23,24)7-3/h9-10,12,15,18H,5-8,11,13-14,16H2,1-4H3. The smallest absolute Gasteiger partial charge is 0.308 e. The van der Waals surface area contributed by atoms with E-state index >= 15 is 0 Å². The minimum atomic E-state index is -3.58. The number of ether oxygens (including phenoxy) is 1. The fraction of sp³-hybridized carbons (Fsp3) is 0.650. The van der Waals surface area contributed by atoms with Gasteiger partial charge in [-0.05, 0) is 37.5 Å². The van der Waals surface area contributed by atoms with Gasteiger partial charge in [0.2, 0.25) is 5.91 Å². The van der Waals surface area contributed by atoms with Crippen molar-refractivity contribution in [2.75, 3.05) is 26.0 Å². The number of amides is 1. The Bertz CT molecular complexity index is 675. The van der Waals surface area contributed by atoms with Gasteiger partial charge in [0.05, 0.1) is 12.4 Å². The van der Waals surface area contributed by atoms with E-state index < -0.39 is 10.1 Å². The number of carbonyl (C=O) groups excluding carboxylic acids is 1. The lowest BCUT2D eigenvalue weighted by Gasteiger charge is -2.27. The number of hydrogen-bond donors (Lipinski definition) is 0. The fourth-order valence-electron chi connectivity index (χ4n) is 2.80. The van der Waals surface area contributed by atoms with Gasteiger partial charge in [-0.15, -0.1) is 0 Å².